The first-order valence-corrected chi connectivity index (χ1v) is 9.28. The molecule has 0 saturated heterocycles. The van der Waals surface area contributed by atoms with Crippen LogP contribution in [0, 0.1) is 5.41 Å². The third-order valence-electron chi connectivity index (χ3n) is 5.77. The van der Waals surface area contributed by atoms with Gasteiger partial charge in [0.25, 0.3) is 0 Å². The fourth-order valence-corrected chi connectivity index (χ4v) is 3.50. The lowest BCUT2D eigenvalue weighted by atomic mass is 9.56. The first-order valence-electron chi connectivity index (χ1n) is 8.90. The molecule has 1 aromatic heterocycles. The number of nitrogens with zero attached hydrogens (tertiary/aromatic N) is 3. The zero-order valence-electron chi connectivity index (χ0n) is 16.3. The monoisotopic (exact) mass is 391 g/mol. The molecule has 1 heterocycles. The number of rotatable bonds is 5. The average molecular weight is 392 g/mol. The highest BCUT2D eigenvalue weighted by atomic mass is 35.5. The van der Waals surface area contributed by atoms with Gasteiger partial charge in [-0.1, -0.05) is 42.7 Å². The third-order valence-corrected chi connectivity index (χ3v) is 6.01. The number of halogens is 1. The van der Waals surface area contributed by atoms with Gasteiger partial charge in [-0.25, -0.2) is 0 Å². The molecule has 0 bridgehead atoms. The van der Waals surface area contributed by atoms with Crippen molar-refractivity contribution in [1.29, 1.82) is 0 Å². The molecule has 1 saturated carbocycles. The number of hydrogen-bond donors (Lipinski definition) is 2. The van der Waals surface area contributed by atoms with Crippen LogP contribution >= 0.6 is 11.6 Å². The summed E-state index contributed by atoms with van der Waals surface area (Å²) >= 11 is 6.01. The van der Waals surface area contributed by atoms with E-state index in [1.54, 1.807) is 26.3 Å². The van der Waals surface area contributed by atoms with Gasteiger partial charge >= 0.3 is 0 Å². The zero-order valence-corrected chi connectivity index (χ0v) is 17.1. The van der Waals surface area contributed by atoms with Crippen molar-refractivity contribution in [2.24, 2.45) is 10.4 Å². The number of aliphatic imine (C=N–C) groups is 1. The molecular formula is C19H26ClN5O2. The van der Waals surface area contributed by atoms with E-state index in [1.165, 1.54) is 0 Å². The molecule has 2 aromatic rings. The molecular weight excluding hydrogens is 366 g/mol. The molecule has 1 aliphatic rings. The lowest BCUT2D eigenvalue weighted by Crippen LogP contribution is -2.69. The van der Waals surface area contributed by atoms with E-state index in [0.29, 0.717) is 29.2 Å². The van der Waals surface area contributed by atoms with Gasteiger partial charge in [0.2, 0.25) is 11.7 Å². The molecule has 8 heteroatoms. The second-order valence-electron chi connectivity index (χ2n) is 7.51. The van der Waals surface area contributed by atoms with Crippen molar-refractivity contribution >= 4 is 17.6 Å². The van der Waals surface area contributed by atoms with E-state index < -0.39 is 0 Å². The van der Waals surface area contributed by atoms with E-state index in [9.17, 15) is 0 Å². The summed E-state index contributed by atoms with van der Waals surface area (Å²) in [6.07, 6.45) is 0.913. The summed E-state index contributed by atoms with van der Waals surface area (Å²) in [5.41, 5.74) is 0.668. The van der Waals surface area contributed by atoms with Crippen molar-refractivity contribution in [2.45, 2.75) is 45.4 Å². The first kappa shape index (κ1) is 19.6. The Hall–Kier alpha value is -2.12. The Balaban J connectivity index is 1.58. The van der Waals surface area contributed by atoms with Crippen LogP contribution in [0.1, 0.15) is 33.1 Å². The molecule has 27 heavy (non-hydrogen) atoms. The van der Waals surface area contributed by atoms with Gasteiger partial charge in [0, 0.05) is 36.2 Å². The number of aromatic nitrogens is 2. The third kappa shape index (κ3) is 3.80. The van der Waals surface area contributed by atoms with E-state index in [4.69, 9.17) is 20.9 Å². The van der Waals surface area contributed by atoms with E-state index in [-0.39, 0.29) is 17.1 Å². The normalized spacial score (nSPS) is 24.4. The molecule has 1 fully saturated rings. The molecule has 1 aliphatic carbocycles. The van der Waals surface area contributed by atoms with E-state index >= 15 is 0 Å². The Morgan fingerprint density at radius 2 is 2.19 bits per heavy atom. The quantitative estimate of drug-likeness (QED) is 0.601. The molecule has 2 unspecified atom stereocenters. The second kappa shape index (κ2) is 7.48. The molecule has 2 atom stereocenters. The minimum atomic E-state index is -0.137. The van der Waals surface area contributed by atoms with Gasteiger partial charge in [-0.3, -0.25) is 4.99 Å². The number of nitrogens with one attached hydrogen (secondary N) is 2. The molecule has 0 radical (unpaired) electrons. The summed E-state index contributed by atoms with van der Waals surface area (Å²) in [5, 5.41) is 11.3. The number of hydrogen-bond acceptors (Lipinski definition) is 5. The van der Waals surface area contributed by atoms with Crippen LogP contribution in [0.5, 0.6) is 0 Å². The van der Waals surface area contributed by atoms with Crippen molar-refractivity contribution < 1.29 is 9.26 Å². The molecule has 7 nitrogen and oxygen atoms in total. The highest BCUT2D eigenvalue weighted by Gasteiger charge is 2.58. The van der Waals surface area contributed by atoms with E-state index in [0.717, 1.165) is 12.0 Å². The largest absolute Gasteiger partial charge is 0.378 e. The van der Waals surface area contributed by atoms with Crippen molar-refractivity contribution in [1.82, 2.24) is 20.8 Å². The summed E-state index contributed by atoms with van der Waals surface area (Å²) in [5.74, 6) is 1.67. The summed E-state index contributed by atoms with van der Waals surface area (Å²) < 4.78 is 11.0. The van der Waals surface area contributed by atoms with Gasteiger partial charge in [-0.05, 0) is 25.5 Å². The van der Waals surface area contributed by atoms with Crippen LogP contribution in [-0.4, -0.2) is 41.9 Å². The number of ether oxygens (including phenoxy) is 1. The van der Waals surface area contributed by atoms with Crippen LogP contribution in [-0.2, 0) is 11.3 Å². The van der Waals surface area contributed by atoms with Crippen LogP contribution < -0.4 is 10.6 Å². The molecule has 0 amide bonds. The highest BCUT2D eigenvalue weighted by molar-refractivity contribution is 6.30. The van der Waals surface area contributed by atoms with Crippen LogP contribution in [0.2, 0.25) is 5.02 Å². The van der Waals surface area contributed by atoms with Crippen molar-refractivity contribution in [2.75, 3.05) is 14.2 Å². The Labute approximate surface area is 164 Å². The minimum absolute atomic E-state index is 0.0103. The zero-order chi connectivity index (χ0) is 19.7. The summed E-state index contributed by atoms with van der Waals surface area (Å²) in [7, 11) is 3.50. The SMILES string of the molecule is CN=C(NCc1nc(-c2cccc(Cl)c2)no1)NC1CC(C)(OC)C1(C)C. The number of benzene rings is 1. The average Bonchev–Trinajstić information content (AvgIpc) is 3.13. The molecule has 0 aliphatic heterocycles. The topological polar surface area (TPSA) is 84.6 Å². The van der Waals surface area contributed by atoms with Crippen LogP contribution in [0.25, 0.3) is 11.4 Å². The first-order chi connectivity index (χ1) is 12.8. The summed E-state index contributed by atoms with van der Waals surface area (Å²) in [4.78, 5) is 8.69. The van der Waals surface area contributed by atoms with Gasteiger partial charge in [-0.15, -0.1) is 0 Å². The maximum atomic E-state index is 6.01. The van der Waals surface area contributed by atoms with Crippen molar-refractivity contribution in [3.63, 3.8) is 0 Å². The van der Waals surface area contributed by atoms with Gasteiger partial charge in [0.1, 0.15) is 0 Å². The smallest absolute Gasteiger partial charge is 0.246 e. The Morgan fingerprint density at radius 1 is 1.41 bits per heavy atom. The van der Waals surface area contributed by atoms with Crippen LogP contribution in [0.3, 0.4) is 0 Å². The van der Waals surface area contributed by atoms with Gasteiger partial charge in [0.15, 0.2) is 5.96 Å². The number of methoxy groups -OCH3 is 1. The summed E-state index contributed by atoms with van der Waals surface area (Å²) in [6.45, 7) is 6.90. The van der Waals surface area contributed by atoms with E-state index in [2.05, 4.69) is 46.5 Å². The standard InChI is InChI=1S/C19H26ClN5O2/c1-18(2)14(10-19(18,3)26-5)23-17(21-4)22-11-15-24-16(25-27-15)12-7-6-8-13(20)9-12/h6-9,14H,10-11H2,1-5H3,(H2,21,22,23). The van der Waals surface area contributed by atoms with Crippen LogP contribution in [0.4, 0.5) is 0 Å². The summed E-state index contributed by atoms with van der Waals surface area (Å²) in [6, 6.07) is 7.61. The van der Waals surface area contributed by atoms with E-state index in [1.807, 2.05) is 12.1 Å². The van der Waals surface area contributed by atoms with Crippen LogP contribution in [0.15, 0.2) is 33.8 Å². The van der Waals surface area contributed by atoms with Gasteiger partial charge in [0.05, 0.1) is 12.1 Å². The predicted molar refractivity (Wildman–Crippen MR) is 106 cm³/mol. The fourth-order valence-electron chi connectivity index (χ4n) is 3.31. The van der Waals surface area contributed by atoms with Gasteiger partial charge < -0.3 is 19.9 Å². The lowest BCUT2D eigenvalue weighted by molar-refractivity contribution is -0.176. The highest BCUT2D eigenvalue weighted by Crippen LogP contribution is 2.51. The Bertz CT molecular complexity index is 835. The van der Waals surface area contributed by atoms with Crippen molar-refractivity contribution in [3.8, 4) is 11.4 Å². The lowest BCUT2D eigenvalue weighted by Gasteiger charge is -2.59. The number of guanidine groups is 1. The fraction of sp³-hybridized carbons (Fsp3) is 0.526. The molecule has 0 spiro atoms. The minimum Gasteiger partial charge on any atom is -0.378 e. The van der Waals surface area contributed by atoms with Crippen molar-refractivity contribution in [3.05, 3.63) is 35.2 Å². The Kier molecular flexibility index (Phi) is 5.44. The maximum Gasteiger partial charge on any atom is 0.246 e. The Morgan fingerprint density at radius 3 is 2.81 bits per heavy atom. The molecule has 146 valence electrons. The second-order valence-corrected chi connectivity index (χ2v) is 7.94. The molecule has 1 aromatic carbocycles. The predicted octanol–water partition coefficient (Wildman–Crippen LogP) is 3.26. The maximum absolute atomic E-state index is 6.01. The van der Waals surface area contributed by atoms with Gasteiger partial charge in [-0.2, -0.15) is 4.98 Å². The molecule has 3 rings (SSSR count). The molecule has 2 N–H and O–H groups in total.